The van der Waals surface area contributed by atoms with Crippen molar-refractivity contribution in [1.29, 1.82) is 0 Å². The Balaban J connectivity index is 2.69. The van der Waals surface area contributed by atoms with Crippen LogP contribution >= 0.6 is 0 Å². The Kier molecular flexibility index (Phi) is 4.07. The van der Waals surface area contributed by atoms with E-state index >= 15 is 0 Å². The third-order valence-corrected chi connectivity index (χ3v) is 2.31. The molecule has 3 atom stereocenters. The van der Waals surface area contributed by atoms with Crippen molar-refractivity contribution in [3.63, 3.8) is 0 Å². The quantitative estimate of drug-likeness (QED) is 0.386. The second-order valence-corrected chi connectivity index (χ2v) is 3.14. The van der Waals surface area contributed by atoms with Crippen molar-refractivity contribution in [1.82, 2.24) is 0 Å². The summed E-state index contributed by atoms with van der Waals surface area (Å²) in [5, 5.41) is 7.16. The van der Waals surface area contributed by atoms with Crippen molar-refractivity contribution in [2.45, 2.75) is 38.0 Å². The molecular weight excluding hydrogens is 184 g/mol. The largest absolute Gasteiger partial charge is 0.378 e. The van der Waals surface area contributed by atoms with Gasteiger partial charge in [-0.05, 0) is 23.9 Å². The molecule has 0 N–H and O–H groups in total. The van der Waals surface area contributed by atoms with Gasteiger partial charge in [-0.25, -0.2) is 0 Å². The van der Waals surface area contributed by atoms with Crippen molar-refractivity contribution >= 4 is 0 Å². The number of ether oxygens (including phenoxy) is 1. The maximum atomic E-state index is 8.35. The molecule has 0 bridgehead atoms. The van der Waals surface area contributed by atoms with Crippen LogP contribution in [-0.2, 0) is 4.74 Å². The van der Waals surface area contributed by atoms with E-state index in [9.17, 15) is 0 Å². The van der Waals surface area contributed by atoms with Gasteiger partial charge in [0.2, 0.25) is 0 Å². The molecule has 14 heavy (non-hydrogen) atoms. The lowest BCUT2D eigenvalue weighted by molar-refractivity contribution is -0.00475. The summed E-state index contributed by atoms with van der Waals surface area (Å²) in [7, 11) is 0. The van der Waals surface area contributed by atoms with E-state index in [1.807, 2.05) is 6.92 Å². The maximum absolute atomic E-state index is 8.35. The molecule has 7 nitrogen and oxygen atoms in total. The van der Waals surface area contributed by atoms with Gasteiger partial charge in [-0.3, -0.25) is 0 Å². The van der Waals surface area contributed by atoms with E-state index in [4.69, 9.17) is 15.8 Å². The molecular formula is C7H12N6O. The Morgan fingerprint density at radius 1 is 1.29 bits per heavy atom. The molecule has 0 aliphatic carbocycles. The van der Waals surface area contributed by atoms with E-state index in [2.05, 4.69) is 20.1 Å². The lowest BCUT2D eigenvalue weighted by Gasteiger charge is -2.30. The summed E-state index contributed by atoms with van der Waals surface area (Å²) in [6.07, 6.45) is 1.61. The Bertz CT molecular complexity index is 280. The van der Waals surface area contributed by atoms with Crippen LogP contribution in [-0.4, -0.2) is 24.8 Å². The standard InChI is InChI=1S/C7H12N6O/c1-2-5-3-6(10-12-8)7(4-14-5)11-13-9/h5-7H,2-4H2,1H3/t5-,6+,7-/m0/s1. The van der Waals surface area contributed by atoms with Gasteiger partial charge in [-0.2, -0.15) is 0 Å². The van der Waals surface area contributed by atoms with Crippen LogP contribution in [0.3, 0.4) is 0 Å². The molecule has 0 spiro atoms. The molecule has 76 valence electrons. The van der Waals surface area contributed by atoms with E-state index in [1.54, 1.807) is 0 Å². The summed E-state index contributed by atoms with van der Waals surface area (Å²) in [5.74, 6) is 0. The molecule has 1 aliphatic rings. The van der Waals surface area contributed by atoms with Crippen LogP contribution in [0.5, 0.6) is 0 Å². The third-order valence-electron chi connectivity index (χ3n) is 2.31. The summed E-state index contributed by atoms with van der Waals surface area (Å²) >= 11 is 0. The molecule has 0 unspecified atom stereocenters. The normalized spacial score (nSPS) is 31.4. The van der Waals surface area contributed by atoms with Gasteiger partial charge in [-0.15, -0.1) is 0 Å². The zero-order valence-electron chi connectivity index (χ0n) is 7.94. The number of rotatable bonds is 3. The second-order valence-electron chi connectivity index (χ2n) is 3.14. The van der Waals surface area contributed by atoms with Crippen molar-refractivity contribution in [2.75, 3.05) is 6.61 Å². The molecule has 1 aliphatic heterocycles. The Morgan fingerprint density at radius 3 is 2.50 bits per heavy atom. The highest BCUT2D eigenvalue weighted by atomic mass is 16.5. The topological polar surface area (TPSA) is 107 Å². The van der Waals surface area contributed by atoms with E-state index in [1.165, 1.54) is 0 Å². The van der Waals surface area contributed by atoms with Gasteiger partial charge >= 0.3 is 0 Å². The molecule has 7 heteroatoms. The average Bonchev–Trinajstić information content (AvgIpc) is 2.21. The van der Waals surface area contributed by atoms with Crippen molar-refractivity contribution in [3.05, 3.63) is 20.9 Å². The minimum absolute atomic E-state index is 0.107. The zero-order chi connectivity index (χ0) is 10.4. The molecule has 0 saturated carbocycles. The van der Waals surface area contributed by atoms with Crippen LogP contribution in [0.4, 0.5) is 0 Å². The Hall–Kier alpha value is -1.42. The summed E-state index contributed by atoms with van der Waals surface area (Å²) in [5.41, 5.74) is 16.6. The first-order valence-corrected chi connectivity index (χ1v) is 4.51. The third kappa shape index (κ3) is 2.53. The molecule has 0 amide bonds. The van der Waals surface area contributed by atoms with Crippen molar-refractivity contribution in [3.8, 4) is 0 Å². The first-order valence-electron chi connectivity index (χ1n) is 4.51. The number of hydrogen-bond donors (Lipinski definition) is 0. The SMILES string of the molecule is CC[C@H]1C[C@@H](N=[N+]=[N-])[C@@H](N=[N+]=[N-])CO1. The molecule has 0 aromatic rings. The summed E-state index contributed by atoms with van der Waals surface area (Å²) < 4.78 is 5.42. The minimum atomic E-state index is -0.362. The van der Waals surface area contributed by atoms with E-state index in [0.717, 1.165) is 6.42 Å². The van der Waals surface area contributed by atoms with Gasteiger partial charge < -0.3 is 4.74 Å². The predicted octanol–water partition coefficient (Wildman–Crippen LogP) is 2.54. The van der Waals surface area contributed by atoms with Crippen molar-refractivity contribution < 1.29 is 4.74 Å². The minimum Gasteiger partial charge on any atom is -0.378 e. The van der Waals surface area contributed by atoms with Crippen LogP contribution in [0.1, 0.15) is 19.8 Å². The van der Waals surface area contributed by atoms with E-state index in [-0.39, 0.29) is 18.2 Å². The zero-order valence-corrected chi connectivity index (χ0v) is 7.94. The summed E-state index contributed by atoms with van der Waals surface area (Å²) in [6, 6.07) is -0.631. The number of nitrogens with zero attached hydrogens (tertiary/aromatic N) is 6. The number of hydrogen-bond acceptors (Lipinski definition) is 3. The van der Waals surface area contributed by atoms with Crippen molar-refractivity contribution in [2.24, 2.45) is 10.2 Å². The molecule has 0 aromatic carbocycles. The van der Waals surface area contributed by atoms with Gasteiger partial charge in [-0.1, -0.05) is 17.2 Å². The van der Waals surface area contributed by atoms with Crippen LogP contribution in [0.25, 0.3) is 20.9 Å². The lowest BCUT2D eigenvalue weighted by Crippen LogP contribution is -2.38. The molecule has 1 heterocycles. The van der Waals surface area contributed by atoms with E-state index in [0.29, 0.717) is 13.0 Å². The average molecular weight is 196 g/mol. The highest BCUT2D eigenvalue weighted by Crippen LogP contribution is 2.21. The molecule has 1 saturated heterocycles. The number of azide groups is 2. The monoisotopic (exact) mass is 196 g/mol. The van der Waals surface area contributed by atoms with Gasteiger partial charge in [0.1, 0.15) is 0 Å². The van der Waals surface area contributed by atoms with Gasteiger partial charge in [0.25, 0.3) is 0 Å². The van der Waals surface area contributed by atoms with Gasteiger partial charge in [0, 0.05) is 9.82 Å². The Morgan fingerprint density at radius 2 is 1.93 bits per heavy atom. The first kappa shape index (κ1) is 10.7. The van der Waals surface area contributed by atoms with Gasteiger partial charge in [0.15, 0.2) is 0 Å². The molecule has 1 rings (SSSR count). The van der Waals surface area contributed by atoms with Crippen LogP contribution in [0, 0.1) is 0 Å². The highest BCUT2D eigenvalue weighted by molar-refractivity contribution is 4.88. The smallest absolute Gasteiger partial charge is 0.0693 e. The fourth-order valence-corrected chi connectivity index (χ4v) is 1.49. The van der Waals surface area contributed by atoms with Gasteiger partial charge in [0.05, 0.1) is 24.8 Å². The fourth-order valence-electron chi connectivity index (χ4n) is 1.49. The molecule has 0 radical (unpaired) electrons. The van der Waals surface area contributed by atoms with E-state index < -0.39 is 0 Å². The highest BCUT2D eigenvalue weighted by Gasteiger charge is 2.28. The second kappa shape index (κ2) is 5.34. The predicted molar refractivity (Wildman–Crippen MR) is 50.5 cm³/mol. The summed E-state index contributed by atoms with van der Waals surface area (Å²) in [4.78, 5) is 5.45. The van der Waals surface area contributed by atoms with Crippen LogP contribution in [0.2, 0.25) is 0 Å². The van der Waals surface area contributed by atoms with Crippen LogP contribution < -0.4 is 0 Å². The first-order chi connectivity index (χ1) is 6.81. The molecule has 0 aromatic heterocycles. The van der Waals surface area contributed by atoms with Crippen LogP contribution in [0.15, 0.2) is 10.2 Å². The molecule has 1 fully saturated rings. The fraction of sp³-hybridized carbons (Fsp3) is 1.00. The summed E-state index contributed by atoms with van der Waals surface area (Å²) in [6.45, 7) is 2.35. The Labute approximate surface area is 81.3 Å². The maximum Gasteiger partial charge on any atom is 0.0693 e. The lowest BCUT2D eigenvalue weighted by atomic mass is 9.99.